The monoisotopic (exact) mass is 216 g/mol. The molecule has 0 bridgehead atoms. The molecule has 3 heteroatoms. The molecule has 1 aromatic rings. The summed E-state index contributed by atoms with van der Waals surface area (Å²) in [5.41, 5.74) is 3.40. The van der Waals surface area contributed by atoms with E-state index in [2.05, 4.69) is 16.7 Å². The normalized spacial score (nSPS) is 18.5. The van der Waals surface area contributed by atoms with E-state index in [0.717, 1.165) is 37.2 Å². The van der Waals surface area contributed by atoms with E-state index in [4.69, 9.17) is 0 Å². The lowest BCUT2D eigenvalue weighted by molar-refractivity contribution is -0.117. The molecule has 1 aliphatic heterocycles. The van der Waals surface area contributed by atoms with Gasteiger partial charge in [0.15, 0.2) is 0 Å². The summed E-state index contributed by atoms with van der Waals surface area (Å²) in [7, 11) is 0. The smallest absolute Gasteiger partial charge is 0.227 e. The summed E-state index contributed by atoms with van der Waals surface area (Å²) >= 11 is 0. The highest BCUT2D eigenvalue weighted by Gasteiger charge is 2.30. The predicted octanol–water partition coefficient (Wildman–Crippen LogP) is 2.39. The maximum absolute atomic E-state index is 11.7. The number of carbonyl (C=O) groups excluding carboxylic acids is 1. The SMILES string of the molecule is O=C(Nc1cccc2c1NCCC2)C1CC1. The second-order valence-corrected chi connectivity index (χ2v) is 4.63. The zero-order chi connectivity index (χ0) is 11.0. The van der Waals surface area contributed by atoms with Gasteiger partial charge in [-0.3, -0.25) is 4.79 Å². The molecule has 1 amide bonds. The molecule has 2 N–H and O–H groups in total. The van der Waals surface area contributed by atoms with E-state index in [1.54, 1.807) is 0 Å². The van der Waals surface area contributed by atoms with Crippen molar-refractivity contribution in [2.24, 2.45) is 5.92 Å². The van der Waals surface area contributed by atoms with E-state index in [0.29, 0.717) is 0 Å². The fourth-order valence-corrected chi connectivity index (χ4v) is 2.19. The third-order valence-corrected chi connectivity index (χ3v) is 3.28. The molecule has 0 unspecified atom stereocenters. The Labute approximate surface area is 95.2 Å². The second kappa shape index (κ2) is 3.81. The van der Waals surface area contributed by atoms with Crippen LogP contribution < -0.4 is 10.6 Å². The Bertz CT molecular complexity index is 424. The van der Waals surface area contributed by atoms with Crippen LogP contribution >= 0.6 is 0 Å². The summed E-state index contributed by atoms with van der Waals surface area (Å²) in [5.74, 6) is 0.445. The van der Waals surface area contributed by atoms with Crippen LogP contribution in [-0.2, 0) is 11.2 Å². The molecule has 16 heavy (non-hydrogen) atoms. The summed E-state index contributed by atoms with van der Waals surface area (Å²) in [6, 6.07) is 6.14. The number of carbonyl (C=O) groups is 1. The van der Waals surface area contributed by atoms with Crippen molar-refractivity contribution >= 4 is 17.3 Å². The molecule has 0 radical (unpaired) electrons. The lowest BCUT2D eigenvalue weighted by Crippen LogP contribution is -2.18. The molecule has 1 fully saturated rings. The zero-order valence-electron chi connectivity index (χ0n) is 9.25. The number of hydrogen-bond acceptors (Lipinski definition) is 2. The maximum atomic E-state index is 11.7. The second-order valence-electron chi connectivity index (χ2n) is 4.63. The summed E-state index contributed by atoms with van der Waals surface area (Å²) in [5, 5.41) is 6.41. The number of amides is 1. The topological polar surface area (TPSA) is 41.1 Å². The standard InChI is InChI=1S/C13H16N2O/c16-13(10-6-7-10)15-11-5-1-3-9-4-2-8-14-12(9)11/h1,3,5,10,14H,2,4,6-8H2,(H,15,16). The summed E-state index contributed by atoms with van der Waals surface area (Å²) < 4.78 is 0. The number of rotatable bonds is 2. The third-order valence-electron chi connectivity index (χ3n) is 3.28. The molecular formula is C13H16N2O. The van der Waals surface area contributed by atoms with Gasteiger partial charge in [0.2, 0.25) is 5.91 Å². The van der Waals surface area contributed by atoms with Gasteiger partial charge in [0, 0.05) is 12.5 Å². The van der Waals surface area contributed by atoms with Crippen LogP contribution in [0, 0.1) is 5.92 Å². The first-order valence-corrected chi connectivity index (χ1v) is 6.01. The van der Waals surface area contributed by atoms with Crippen LogP contribution in [0.3, 0.4) is 0 Å². The van der Waals surface area contributed by atoms with Crippen molar-refractivity contribution in [3.8, 4) is 0 Å². The molecule has 0 saturated heterocycles. The lowest BCUT2D eigenvalue weighted by atomic mass is 10.0. The zero-order valence-corrected chi connectivity index (χ0v) is 9.25. The van der Waals surface area contributed by atoms with Gasteiger partial charge in [0.25, 0.3) is 0 Å². The quantitative estimate of drug-likeness (QED) is 0.797. The first-order valence-electron chi connectivity index (χ1n) is 6.01. The van der Waals surface area contributed by atoms with Crippen LogP contribution in [0.4, 0.5) is 11.4 Å². The highest BCUT2D eigenvalue weighted by molar-refractivity contribution is 5.97. The minimum absolute atomic E-state index is 0.181. The number of nitrogens with one attached hydrogen (secondary N) is 2. The van der Waals surface area contributed by atoms with E-state index in [1.165, 1.54) is 12.0 Å². The van der Waals surface area contributed by atoms with E-state index in [1.807, 2.05) is 12.1 Å². The molecule has 0 atom stereocenters. The highest BCUT2D eigenvalue weighted by atomic mass is 16.2. The highest BCUT2D eigenvalue weighted by Crippen LogP contribution is 2.34. The van der Waals surface area contributed by atoms with Crippen molar-refractivity contribution in [2.75, 3.05) is 17.2 Å². The fourth-order valence-electron chi connectivity index (χ4n) is 2.19. The Morgan fingerprint density at radius 2 is 2.25 bits per heavy atom. The van der Waals surface area contributed by atoms with Crippen molar-refractivity contribution in [3.05, 3.63) is 23.8 Å². The molecule has 0 aromatic heterocycles. The van der Waals surface area contributed by atoms with Gasteiger partial charge in [-0.15, -0.1) is 0 Å². The molecule has 2 aliphatic rings. The molecule has 1 aliphatic carbocycles. The molecule has 3 rings (SSSR count). The maximum Gasteiger partial charge on any atom is 0.227 e. The first-order chi connectivity index (χ1) is 7.84. The van der Waals surface area contributed by atoms with Crippen LogP contribution in [-0.4, -0.2) is 12.5 Å². The summed E-state index contributed by atoms with van der Waals surface area (Å²) in [6.45, 7) is 1.00. The van der Waals surface area contributed by atoms with Gasteiger partial charge in [-0.2, -0.15) is 0 Å². The van der Waals surface area contributed by atoms with Crippen molar-refractivity contribution in [1.82, 2.24) is 0 Å². The molecule has 84 valence electrons. The minimum atomic E-state index is 0.181. The number of aryl methyl sites for hydroxylation is 1. The first kappa shape index (κ1) is 9.70. The summed E-state index contributed by atoms with van der Waals surface area (Å²) in [4.78, 5) is 11.7. The number of anilines is 2. The van der Waals surface area contributed by atoms with Crippen molar-refractivity contribution < 1.29 is 4.79 Å². The molecular weight excluding hydrogens is 200 g/mol. The molecule has 0 spiro atoms. The van der Waals surface area contributed by atoms with Gasteiger partial charge in [-0.25, -0.2) is 0 Å². The van der Waals surface area contributed by atoms with Gasteiger partial charge in [0.1, 0.15) is 0 Å². The van der Waals surface area contributed by atoms with Crippen LogP contribution in [0.5, 0.6) is 0 Å². The van der Waals surface area contributed by atoms with Crippen LogP contribution in [0.25, 0.3) is 0 Å². The third kappa shape index (κ3) is 1.77. The van der Waals surface area contributed by atoms with Crippen molar-refractivity contribution in [2.45, 2.75) is 25.7 Å². The van der Waals surface area contributed by atoms with Gasteiger partial charge in [0.05, 0.1) is 11.4 Å². The number of para-hydroxylation sites is 1. The Morgan fingerprint density at radius 1 is 1.38 bits per heavy atom. The Kier molecular flexibility index (Phi) is 2.31. The largest absolute Gasteiger partial charge is 0.383 e. The molecule has 1 heterocycles. The van der Waals surface area contributed by atoms with Gasteiger partial charge >= 0.3 is 0 Å². The van der Waals surface area contributed by atoms with Crippen molar-refractivity contribution in [1.29, 1.82) is 0 Å². The molecule has 1 saturated carbocycles. The van der Waals surface area contributed by atoms with Gasteiger partial charge in [-0.05, 0) is 37.3 Å². The molecule has 3 nitrogen and oxygen atoms in total. The van der Waals surface area contributed by atoms with Gasteiger partial charge < -0.3 is 10.6 Å². The number of hydrogen-bond donors (Lipinski definition) is 2. The Balaban J connectivity index is 1.85. The van der Waals surface area contributed by atoms with E-state index < -0.39 is 0 Å². The lowest BCUT2D eigenvalue weighted by Gasteiger charge is -2.21. The summed E-state index contributed by atoms with van der Waals surface area (Å²) in [6.07, 6.45) is 4.38. The van der Waals surface area contributed by atoms with E-state index in [-0.39, 0.29) is 11.8 Å². The minimum Gasteiger partial charge on any atom is -0.383 e. The average molecular weight is 216 g/mol. The van der Waals surface area contributed by atoms with Crippen LogP contribution in [0.1, 0.15) is 24.8 Å². The van der Waals surface area contributed by atoms with Crippen molar-refractivity contribution in [3.63, 3.8) is 0 Å². The fraction of sp³-hybridized carbons (Fsp3) is 0.462. The number of fused-ring (bicyclic) bond motifs is 1. The molecule has 1 aromatic carbocycles. The van der Waals surface area contributed by atoms with Gasteiger partial charge in [-0.1, -0.05) is 12.1 Å². The number of benzene rings is 1. The Hall–Kier alpha value is -1.51. The average Bonchev–Trinajstić information content (AvgIpc) is 3.13. The van der Waals surface area contributed by atoms with Crippen LogP contribution in [0.2, 0.25) is 0 Å². The van der Waals surface area contributed by atoms with E-state index in [9.17, 15) is 4.79 Å². The Morgan fingerprint density at radius 3 is 3.06 bits per heavy atom. The predicted molar refractivity (Wildman–Crippen MR) is 64.6 cm³/mol. The van der Waals surface area contributed by atoms with E-state index >= 15 is 0 Å². The van der Waals surface area contributed by atoms with Crippen LogP contribution in [0.15, 0.2) is 18.2 Å².